The Kier molecular flexibility index (Phi) is 10.6. The first-order valence-corrected chi connectivity index (χ1v) is 13.9. The first-order valence-electron chi connectivity index (χ1n) is 13.9. The molecule has 3 rings (SSSR count). The standard InChI is InChI=1S/C30H39F3N4O3/c1-5-7-9-22-12-14-23(15-13-22)27(38)35-26(20(3)6-2)28(39)36-16-17-37(21(4)19-36)29(40)34-25-11-8-10-24(18-25)30(31,32)33/h8,10-15,18,20-21,26H,5-7,9,16-17,19H2,1-4H3,(H,34,40)(H,35,38). The second kappa shape index (κ2) is 13.7. The zero-order chi connectivity index (χ0) is 29.4. The van der Waals surface area contributed by atoms with Crippen LogP contribution >= 0.6 is 0 Å². The molecule has 1 saturated heterocycles. The number of nitrogens with one attached hydrogen (secondary N) is 2. The molecule has 1 heterocycles. The van der Waals surface area contributed by atoms with Crippen molar-refractivity contribution < 1.29 is 27.6 Å². The third kappa shape index (κ3) is 7.99. The SMILES string of the molecule is CCCCc1ccc(C(=O)NC(C(=O)N2CCN(C(=O)Nc3cccc(C(F)(F)F)c3)C(C)C2)C(C)CC)cc1. The van der Waals surface area contributed by atoms with Crippen molar-refractivity contribution in [1.82, 2.24) is 15.1 Å². The second-order valence-electron chi connectivity index (χ2n) is 10.5. The molecule has 1 fully saturated rings. The Morgan fingerprint density at radius 2 is 1.75 bits per heavy atom. The van der Waals surface area contributed by atoms with Gasteiger partial charge in [0.25, 0.3) is 5.91 Å². The summed E-state index contributed by atoms with van der Waals surface area (Å²) in [6, 6.07) is 10.3. The Bertz CT molecular complexity index is 1170. The third-order valence-corrected chi connectivity index (χ3v) is 7.44. The summed E-state index contributed by atoms with van der Waals surface area (Å²) in [5, 5.41) is 5.46. The molecule has 2 aromatic carbocycles. The lowest BCUT2D eigenvalue weighted by molar-refractivity contribution is -0.138. The van der Waals surface area contributed by atoms with Gasteiger partial charge in [0.2, 0.25) is 5.91 Å². The minimum atomic E-state index is -4.51. The van der Waals surface area contributed by atoms with Crippen molar-refractivity contribution in [2.45, 2.75) is 71.6 Å². The summed E-state index contributed by atoms with van der Waals surface area (Å²) in [4.78, 5) is 42.6. The van der Waals surface area contributed by atoms with Gasteiger partial charge in [-0.15, -0.1) is 0 Å². The van der Waals surface area contributed by atoms with Gasteiger partial charge < -0.3 is 20.4 Å². The average Bonchev–Trinajstić information content (AvgIpc) is 2.93. The quantitative estimate of drug-likeness (QED) is 0.397. The number of carbonyl (C=O) groups excluding carboxylic acids is 3. The molecule has 218 valence electrons. The summed E-state index contributed by atoms with van der Waals surface area (Å²) in [6.07, 6.45) is -0.710. The minimum absolute atomic E-state index is 0.0449. The van der Waals surface area contributed by atoms with E-state index in [1.54, 1.807) is 24.0 Å². The number of hydrogen-bond acceptors (Lipinski definition) is 3. The van der Waals surface area contributed by atoms with Gasteiger partial charge in [-0.2, -0.15) is 13.2 Å². The summed E-state index contributed by atoms with van der Waals surface area (Å²) in [6.45, 7) is 8.47. The number of carbonyl (C=O) groups is 3. The number of piperazine rings is 1. The van der Waals surface area contributed by atoms with Gasteiger partial charge >= 0.3 is 12.2 Å². The van der Waals surface area contributed by atoms with Crippen LogP contribution in [0.2, 0.25) is 0 Å². The highest BCUT2D eigenvalue weighted by atomic mass is 19.4. The van der Waals surface area contributed by atoms with E-state index >= 15 is 0 Å². The molecule has 0 radical (unpaired) electrons. The van der Waals surface area contributed by atoms with Crippen LogP contribution in [0.15, 0.2) is 48.5 Å². The molecule has 0 bridgehead atoms. The van der Waals surface area contributed by atoms with Crippen molar-refractivity contribution >= 4 is 23.5 Å². The number of aryl methyl sites for hydroxylation is 1. The number of rotatable bonds is 9. The minimum Gasteiger partial charge on any atom is -0.340 e. The maximum Gasteiger partial charge on any atom is 0.416 e. The van der Waals surface area contributed by atoms with Crippen LogP contribution in [-0.2, 0) is 17.4 Å². The number of hydrogen-bond donors (Lipinski definition) is 2. The van der Waals surface area contributed by atoms with Crippen molar-refractivity contribution in [2.75, 3.05) is 25.0 Å². The second-order valence-corrected chi connectivity index (χ2v) is 10.5. The predicted octanol–water partition coefficient (Wildman–Crippen LogP) is 5.96. The van der Waals surface area contributed by atoms with Crippen molar-refractivity contribution in [3.8, 4) is 0 Å². The van der Waals surface area contributed by atoms with Crippen molar-refractivity contribution in [2.24, 2.45) is 5.92 Å². The van der Waals surface area contributed by atoms with Gasteiger partial charge in [0.05, 0.1) is 5.56 Å². The predicted molar refractivity (Wildman–Crippen MR) is 149 cm³/mol. The molecule has 40 heavy (non-hydrogen) atoms. The number of halogens is 3. The number of benzene rings is 2. The molecule has 0 saturated carbocycles. The van der Waals surface area contributed by atoms with Crippen LogP contribution in [0.3, 0.4) is 0 Å². The highest BCUT2D eigenvalue weighted by molar-refractivity contribution is 5.97. The molecule has 0 aliphatic carbocycles. The number of amides is 4. The van der Waals surface area contributed by atoms with Gasteiger partial charge in [0, 0.05) is 36.9 Å². The Labute approximate surface area is 234 Å². The normalized spacial score (nSPS) is 17.2. The maximum atomic E-state index is 13.6. The van der Waals surface area contributed by atoms with E-state index in [4.69, 9.17) is 0 Å². The third-order valence-electron chi connectivity index (χ3n) is 7.44. The van der Waals surface area contributed by atoms with Crippen LogP contribution in [-0.4, -0.2) is 59.4 Å². The molecule has 1 aliphatic heterocycles. The van der Waals surface area contributed by atoms with Crippen molar-refractivity contribution in [3.05, 3.63) is 65.2 Å². The van der Waals surface area contributed by atoms with Crippen LogP contribution in [0.1, 0.15) is 68.4 Å². The number of alkyl halides is 3. The fourth-order valence-electron chi connectivity index (χ4n) is 4.74. The van der Waals surface area contributed by atoms with Crippen LogP contribution in [0, 0.1) is 5.92 Å². The van der Waals surface area contributed by atoms with E-state index in [9.17, 15) is 27.6 Å². The maximum absolute atomic E-state index is 13.6. The van der Waals surface area contributed by atoms with Gasteiger partial charge in [-0.1, -0.05) is 51.8 Å². The van der Waals surface area contributed by atoms with E-state index in [2.05, 4.69) is 17.6 Å². The lowest BCUT2D eigenvalue weighted by Crippen LogP contribution is -2.60. The molecule has 7 nitrogen and oxygen atoms in total. The fraction of sp³-hybridized carbons (Fsp3) is 0.500. The van der Waals surface area contributed by atoms with Crippen LogP contribution in [0.25, 0.3) is 0 Å². The van der Waals surface area contributed by atoms with Gasteiger partial charge in [0.15, 0.2) is 0 Å². The molecule has 10 heteroatoms. The molecule has 2 N–H and O–H groups in total. The summed E-state index contributed by atoms with van der Waals surface area (Å²) in [5.74, 6) is -0.641. The van der Waals surface area contributed by atoms with Gasteiger partial charge in [0.1, 0.15) is 6.04 Å². The van der Waals surface area contributed by atoms with E-state index in [1.165, 1.54) is 17.0 Å². The van der Waals surface area contributed by atoms with Crippen molar-refractivity contribution in [1.29, 1.82) is 0 Å². The lowest BCUT2D eigenvalue weighted by Gasteiger charge is -2.41. The number of anilines is 1. The lowest BCUT2D eigenvalue weighted by atomic mass is 9.96. The fourth-order valence-corrected chi connectivity index (χ4v) is 4.74. The Morgan fingerprint density at radius 1 is 1.05 bits per heavy atom. The van der Waals surface area contributed by atoms with Crippen molar-refractivity contribution in [3.63, 3.8) is 0 Å². The summed E-state index contributed by atoms with van der Waals surface area (Å²) in [5.41, 5.74) is 0.852. The number of unbranched alkanes of at least 4 members (excludes halogenated alkanes) is 1. The number of urea groups is 1. The molecule has 3 unspecified atom stereocenters. The van der Waals surface area contributed by atoms with Gasteiger partial charge in [-0.25, -0.2) is 4.79 Å². The van der Waals surface area contributed by atoms with E-state index in [1.807, 2.05) is 26.0 Å². The molecular formula is C30H39F3N4O3. The zero-order valence-electron chi connectivity index (χ0n) is 23.6. The first kappa shape index (κ1) is 31.0. The van der Waals surface area contributed by atoms with Crippen LogP contribution in [0.4, 0.5) is 23.7 Å². The van der Waals surface area contributed by atoms with E-state index in [0.717, 1.165) is 37.0 Å². The summed E-state index contributed by atoms with van der Waals surface area (Å²) < 4.78 is 39.1. The molecular weight excluding hydrogens is 521 g/mol. The Morgan fingerprint density at radius 3 is 2.35 bits per heavy atom. The molecule has 3 atom stereocenters. The van der Waals surface area contributed by atoms with E-state index in [0.29, 0.717) is 12.0 Å². The summed E-state index contributed by atoms with van der Waals surface area (Å²) in [7, 11) is 0. The average molecular weight is 561 g/mol. The smallest absolute Gasteiger partial charge is 0.340 e. The largest absolute Gasteiger partial charge is 0.416 e. The van der Waals surface area contributed by atoms with Gasteiger partial charge in [-0.05, 0) is 61.6 Å². The highest BCUT2D eigenvalue weighted by Crippen LogP contribution is 2.30. The Balaban J connectivity index is 1.63. The molecule has 0 aromatic heterocycles. The van der Waals surface area contributed by atoms with E-state index in [-0.39, 0.29) is 49.1 Å². The number of nitrogens with zero attached hydrogens (tertiary/aromatic N) is 2. The van der Waals surface area contributed by atoms with Crippen LogP contribution < -0.4 is 10.6 Å². The first-order chi connectivity index (χ1) is 18.9. The molecule has 4 amide bonds. The van der Waals surface area contributed by atoms with Gasteiger partial charge in [-0.3, -0.25) is 9.59 Å². The Hall–Kier alpha value is -3.56. The zero-order valence-corrected chi connectivity index (χ0v) is 23.6. The molecule has 1 aliphatic rings. The van der Waals surface area contributed by atoms with Crippen LogP contribution in [0.5, 0.6) is 0 Å². The molecule has 0 spiro atoms. The highest BCUT2D eigenvalue weighted by Gasteiger charge is 2.36. The molecule has 2 aromatic rings. The van der Waals surface area contributed by atoms with E-state index < -0.39 is 23.8 Å². The monoisotopic (exact) mass is 560 g/mol. The summed E-state index contributed by atoms with van der Waals surface area (Å²) >= 11 is 0. The topological polar surface area (TPSA) is 81.8 Å².